The number of nitrogens with one attached hydrogen (secondary N) is 1. The summed E-state index contributed by atoms with van der Waals surface area (Å²) < 4.78 is 4.61. The Kier molecular flexibility index (Phi) is 4.91. The summed E-state index contributed by atoms with van der Waals surface area (Å²) in [4.78, 5) is 23.4. The van der Waals surface area contributed by atoms with Crippen LogP contribution in [0, 0.1) is 5.41 Å². The SMILES string of the molecule is COC(=O)c1cc(NC(=O)C(C)(C)CN)ccc1Cl. The highest BCUT2D eigenvalue weighted by molar-refractivity contribution is 6.33. The van der Waals surface area contributed by atoms with Gasteiger partial charge in [-0.2, -0.15) is 0 Å². The van der Waals surface area contributed by atoms with E-state index in [0.29, 0.717) is 5.69 Å². The third-order valence-corrected chi connectivity index (χ3v) is 3.08. The second-order valence-corrected chi connectivity index (χ2v) is 5.14. The number of esters is 1. The highest BCUT2D eigenvalue weighted by atomic mass is 35.5. The lowest BCUT2D eigenvalue weighted by molar-refractivity contribution is -0.123. The summed E-state index contributed by atoms with van der Waals surface area (Å²) >= 11 is 5.89. The van der Waals surface area contributed by atoms with Crippen molar-refractivity contribution in [1.29, 1.82) is 0 Å². The van der Waals surface area contributed by atoms with Gasteiger partial charge in [-0.15, -0.1) is 0 Å². The standard InChI is InChI=1S/C13H17ClN2O3/c1-13(2,7-15)12(18)16-8-4-5-10(14)9(6-8)11(17)19-3/h4-6H,7,15H2,1-3H3,(H,16,18). The topological polar surface area (TPSA) is 81.4 Å². The van der Waals surface area contributed by atoms with E-state index >= 15 is 0 Å². The third-order valence-electron chi connectivity index (χ3n) is 2.75. The highest BCUT2D eigenvalue weighted by Gasteiger charge is 2.26. The highest BCUT2D eigenvalue weighted by Crippen LogP contribution is 2.23. The van der Waals surface area contributed by atoms with E-state index in [0.717, 1.165) is 0 Å². The summed E-state index contributed by atoms with van der Waals surface area (Å²) in [5.41, 5.74) is 5.51. The molecule has 0 aliphatic carbocycles. The van der Waals surface area contributed by atoms with Gasteiger partial charge >= 0.3 is 5.97 Å². The maximum Gasteiger partial charge on any atom is 0.339 e. The number of nitrogens with two attached hydrogens (primary N) is 1. The van der Waals surface area contributed by atoms with Crippen molar-refractivity contribution in [3.63, 3.8) is 0 Å². The molecule has 0 bridgehead atoms. The molecule has 1 aromatic carbocycles. The van der Waals surface area contributed by atoms with Crippen LogP contribution in [0.5, 0.6) is 0 Å². The molecule has 5 nitrogen and oxygen atoms in total. The van der Waals surface area contributed by atoms with E-state index in [2.05, 4.69) is 10.1 Å². The van der Waals surface area contributed by atoms with Gasteiger partial charge in [-0.05, 0) is 32.0 Å². The van der Waals surface area contributed by atoms with Crippen LogP contribution in [0.25, 0.3) is 0 Å². The van der Waals surface area contributed by atoms with Crippen molar-refractivity contribution in [3.8, 4) is 0 Å². The first-order chi connectivity index (χ1) is 8.81. The number of amides is 1. The van der Waals surface area contributed by atoms with Gasteiger partial charge in [-0.3, -0.25) is 4.79 Å². The quantitative estimate of drug-likeness (QED) is 0.829. The minimum atomic E-state index is -0.689. The zero-order valence-electron chi connectivity index (χ0n) is 11.1. The second-order valence-electron chi connectivity index (χ2n) is 4.73. The van der Waals surface area contributed by atoms with Gasteiger partial charge in [0.05, 0.1) is 23.1 Å². The van der Waals surface area contributed by atoms with Crippen molar-refractivity contribution in [2.45, 2.75) is 13.8 Å². The van der Waals surface area contributed by atoms with E-state index in [-0.39, 0.29) is 23.0 Å². The van der Waals surface area contributed by atoms with Gasteiger partial charge in [0.2, 0.25) is 5.91 Å². The Morgan fingerprint density at radius 1 is 1.42 bits per heavy atom. The molecule has 0 aliphatic heterocycles. The molecule has 19 heavy (non-hydrogen) atoms. The van der Waals surface area contributed by atoms with Crippen LogP contribution in [-0.4, -0.2) is 25.5 Å². The van der Waals surface area contributed by atoms with Gasteiger partial charge in [-0.1, -0.05) is 11.6 Å². The van der Waals surface area contributed by atoms with E-state index in [1.807, 2.05) is 0 Å². The van der Waals surface area contributed by atoms with Crippen LogP contribution in [0.15, 0.2) is 18.2 Å². The summed E-state index contributed by atoms with van der Waals surface area (Å²) in [7, 11) is 1.27. The largest absolute Gasteiger partial charge is 0.465 e. The van der Waals surface area contributed by atoms with E-state index in [4.69, 9.17) is 17.3 Å². The molecule has 6 heteroatoms. The second kappa shape index (κ2) is 6.04. The fraction of sp³-hybridized carbons (Fsp3) is 0.385. The molecule has 0 spiro atoms. The molecular weight excluding hydrogens is 268 g/mol. The Bertz CT molecular complexity index is 501. The molecule has 104 valence electrons. The van der Waals surface area contributed by atoms with Gasteiger partial charge < -0.3 is 15.8 Å². The van der Waals surface area contributed by atoms with Gasteiger partial charge in [0.15, 0.2) is 0 Å². The van der Waals surface area contributed by atoms with Crippen LogP contribution in [-0.2, 0) is 9.53 Å². The first-order valence-corrected chi connectivity index (χ1v) is 6.09. The molecule has 0 aliphatic rings. The van der Waals surface area contributed by atoms with Gasteiger partial charge in [0.25, 0.3) is 0 Å². The number of hydrogen-bond donors (Lipinski definition) is 2. The predicted octanol–water partition coefficient (Wildman–Crippen LogP) is 2.05. The summed E-state index contributed by atoms with van der Waals surface area (Å²) in [5, 5.41) is 2.96. The van der Waals surface area contributed by atoms with Crippen molar-refractivity contribution < 1.29 is 14.3 Å². The third kappa shape index (κ3) is 3.68. The molecule has 3 N–H and O–H groups in total. The van der Waals surface area contributed by atoms with Crippen LogP contribution in [0.2, 0.25) is 5.02 Å². The molecule has 0 atom stereocenters. The van der Waals surface area contributed by atoms with Crippen LogP contribution < -0.4 is 11.1 Å². The fourth-order valence-corrected chi connectivity index (χ4v) is 1.46. The minimum absolute atomic E-state index is 0.201. The Morgan fingerprint density at radius 2 is 2.05 bits per heavy atom. The van der Waals surface area contributed by atoms with Crippen molar-refractivity contribution >= 4 is 29.2 Å². The molecule has 0 unspecified atom stereocenters. The van der Waals surface area contributed by atoms with E-state index in [1.54, 1.807) is 19.9 Å². The predicted molar refractivity (Wildman–Crippen MR) is 74.3 cm³/mol. The van der Waals surface area contributed by atoms with Crippen molar-refractivity contribution in [2.24, 2.45) is 11.1 Å². The zero-order valence-corrected chi connectivity index (χ0v) is 11.9. The minimum Gasteiger partial charge on any atom is -0.465 e. The number of carbonyl (C=O) groups is 2. The molecule has 0 saturated heterocycles. The van der Waals surface area contributed by atoms with Crippen molar-refractivity contribution in [1.82, 2.24) is 0 Å². The number of anilines is 1. The van der Waals surface area contributed by atoms with Crippen LogP contribution >= 0.6 is 11.6 Å². The lowest BCUT2D eigenvalue weighted by Crippen LogP contribution is -2.37. The lowest BCUT2D eigenvalue weighted by Gasteiger charge is -2.21. The Balaban J connectivity index is 2.98. The number of rotatable bonds is 4. The maximum atomic E-state index is 12.0. The molecular formula is C13H17ClN2O3. The molecule has 0 heterocycles. The smallest absolute Gasteiger partial charge is 0.339 e. The molecule has 1 aromatic rings. The zero-order chi connectivity index (χ0) is 14.6. The van der Waals surface area contributed by atoms with Crippen molar-refractivity contribution in [2.75, 3.05) is 19.0 Å². The number of halogens is 1. The van der Waals surface area contributed by atoms with E-state index < -0.39 is 11.4 Å². The first kappa shape index (κ1) is 15.5. The van der Waals surface area contributed by atoms with E-state index in [1.165, 1.54) is 19.2 Å². The number of benzene rings is 1. The number of ether oxygens (including phenoxy) is 1. The first-order valence-electron chi connectivity index (χ1n) is 5.71. The van der Waals surface area contributed by atoms with E-state index in [9.17, 15) is 9.59 Å². The average Bonchev–Trinajstić information content (AvgIpc) is 2.39. The van der Waals surface area contributed by atoms with Gasteiger partial charge in [-0.25, -0.2) is 4.79 Å². The summed E-state index contributed by atoms with van der Waals surface area (Å²) in [6.07, 6.45) is 0. The average molecular weight is 285 g/mol. The fourth-order valence-electron chi connectivity index (χ4n) is 1.26. The van der Waals surface area contributed by atoms with Gasteiger partial charge in [0.1, 0.15) is 0 Å². The van der Waals surface area contributed by atoms with Crippen LogP contribution in [0.4, 0.5) is 5.69 Å². The Labute approximate surface area is 117 Å². The van der Waals surface area contributed by atoms with Crippen molar-refractivity contribution in [3.05, 3.63) is 28.8 Å². The van der Waals surface area contributed by atoms with Crippen LogP contribution in [0.1, 0.15) is 24.2 Å². The molecule has 1 amide bonds. The number of carbonyl (C=O) groups excluding carboxylic acids is 2. The van der Waals surface area contributed by atoms with Crippen LogP contribution in [0.3, 0.4) is 0 Å². The summed E-state index contributed by atoms with van der Waals surface area (Å²) in [6, 6.07) is 4.61. The summed E-state index contributed by atoms with van der Waals surface area (Å²) in [6.45, 7) is 3.69. The Hall–Kier alpha value is -1.59. The maximum absolute atomic E-state index is 12.0. The monoisotopic (exact) mass is 284 g/mol. The normalized spacial score (nSPS) is 11.0. The van der Waals surface area contributed by atoms with Gasteiger partial charge in [0, 0.05) is 12.2 Å². The molecule has 1 rings (SSSR count). The molecule has 0 aromatic heterocycles. The molecule has 0 radical (unpaired) electrons. The number of methoxy groups -OCH3 is 1. The Morgan fingerprint density at radius 3 is 2.58 bits per heavy atom. The molecule has 0 saturated carbocycles. The summed E-state index contributed by atoms with van der Waals surface area (Å²) in [5.74, 6) is -0.785. The lowest BCUT2D eigenvalue weighted by atomic mass is 9.92. The number of hydrogen-bond acceptors (Lipinski definition) is 4. The molecule has 0 fully saturated rings.